The maximum absolute atomic E-state index is 12.3. The summed E-state index contributed by atoms with van der Waals surface area (Å²) in [5.41, 5.74) is 2.29. The number of ether oxygens (including phenoxy) is 2. The molecule has 0 radical (unpaired) electrons. The predicted octanol–water partition coefficient (Wildman–Crippen LogP) is 3.31. The first kappa shape index (κ1) is 18.5. The largest absolute Gasteiger partial charge is 0.484 e. The number of hydrogen-bond donors (Lipinski definition) is 1. The number of amides is 2. The summed E-state index contributed by atoms with van der Waals surface area (Å²) in [6.45, 7) is 7.65. The Bertz CT molecular complexity index is 861. The third kappa shape index (κ3) is 4.28. The van der Waals surface area contributed by atoms with Crippen molar-refractivity contribution in [1.82, 2.24) is 0 Å². The SMILES string of the molecule is C=CCN1C(=O)C(C)Oc2ccc(NC(=O)COc3ccc(C)cc3)cc21. The minimum absolute atomic E-state index is 0.108. The second-order valence-electron chi connectivity index (χ2n) is 6.33. The zero-order chi connectivity index (χ0) is 19.4. The number of rotatable bonds is 6. The molecular formula is C21H22N2O4. The molecule has 0 saturated carbocycles. The fourth-order valence-corrected chi connectivity index (χ4v) is 2.78. The van der Waals surface area contributed by atoms with Crippen molar-refractivity contribution in [2.75, 3.05) is 23.4 Å². The van der Waals surface area contributed by atoms with Crippen LogP contribution < -0.4 is 19.7 Å². The van der Waals surface area contributed by atoms with Crippen molar-refractivity contribution >= 4 is 23.2 Å². The summed E-state index contributed by atoms with van der Waals surface area (Å²) < 4.78 is 11.1. The van der Waals surface area contributed by atoms with Crippen LogP contribution in [-0.2, 0) is 9.59 Å². The standard InChI is InChI=1S/C21H22N2O4/c1-4-11-23-18-12-16(7-10-19(18)27-15(3)21(23)25)22-20(24)13-26-17-8-5-14(2)6-9-17/h4-10,12,15H,1,11,13H2,2-3H3,(H,22,24). The molecule has 1 heterocycles. The van der Waals surface area contributed by atoms with Gasteiger partial charge in [0.15, 0.2) is 12.7 Å². The third-order valence-corrected chi connectivity index (χ3v) is 4.15. The van der Waals surface area contributed by atoms with Crippen LogP contribution in [0.15, 0.2) is 55.1 Å². The molecule has 1 unspecified atom stereocenters. The van der Waals surface area contributed by atoms with Gasteiger partial charge < -0.3 is 19.7 Å². The number of nitrogens with zero attached hydrogens (tertiary/aromatic N) is 1. The first-order valence-corrected chi connectivity index (χ1v) is 8.70. The first-order valence-electron chi connectivity index (χ1n) is 8.70. The van der Waals surface area contributed by atoms with Crippen LogP contribution in [0.1, 0.15) is 12.5 Å². The maximum Gasteiger partial charge on any atom is 0.268 e. The number of benzene rings is 2. The van der Waals surface area contributed by atoms with Gasteiger partial charge in [0.1, 0.15) is 11.5 Å². The Morgan fingerprint density at radius 2 is 2.04 bits per heavy atom. The number of hydrogen-bond acceptors (Lipinski definition) is 4. The highest BCUT2D eigenvalue weighted by Crippen LogP contribution is 2.36. The summed E-state index contributed by atoms with van der Waals surface area (Å²) in [5, 5.41) is 2.78. The van der Waals surface area contributed by atoms with Crippen molar-refractivity contribution in [3.8, 4) is 11.5 Å². The van der Waals surface area contributed by atoms with Gasteiger partial charge >= 0.3 is 0 Å². The van der Waals surface area contributed by atoms with Crippen LogP contribution in [0, 0.1) is 6.92 Å². The van der Waals surface area contributed by atoms with E-state index < -0.39 is 6.10 Å². The van der Waals surface area contributed by atoms with Crippen LogP contribution in [0.5, 0.6) is 11.5 Å². The molecule has 27 heavy (non-hydrogen) atoms. The van der Waals surface area contributed by atoms with Gasteiger partial charge in [0.25, 0.3) is 11.8 Å². The molecule has 0 spiro atoms. The van der Waals surface area contributed by atoms with Gasteiger partial charge in [-0.25, -0.2) is 0 Å². The predicted molar refractivity (Wildman–Crippen MR) is 104 cm³/mol. The highest BCUT2D eigenvalue weighted by molar-refractivity contribution is 6.01. The molecule has 140 valence electrons. The molecule has 6 heteroatoms. The molecule has 1 aliphatic heterocycles. The van der Waals surface area contributed by atoms with Crippen molar-refractivity contribution in [3.63, 3.8) is 0 Å². The van der Waals surface area contributed by atoms with Crippen molar-refractivity contribution in [2.45, 2.75) is 20.0 Å². The lowest BCUT2D eigenvalue weighted by atomic mass is 10.1. The quantitative estimate of drug-likeness (QED) is 0.797. The van der Waals surface area contributed by atoms with E-state index in [9.17, 15) is 9.59 Å². The van der Waals surface area contributed by atoms with Gasteiger partial charge in [0.05, 0.1) is 5.69 Å². The number of nitrogens with one attached hydrogen (secondary N) is 1. The van der Waals surface area contributed by atoms with Gasteiger partial charge in [0, 0.05) is 12.2 Å². The Morgan fingerprint density at radius 3 is 2.74 bits per heavy atom. The lowest BCUT2D eigenvalue weighted by molar-refractivity contribution is -0.125. The second-order valence-corrected chi connectivity index (χ2v) is 6.33. The second kappa shape index (κ2) is 7.95. The molecule has 2 aromatic rings. The van der Waals surface area contributed by atoms with Gasteiger partial charge in [-0.3, -0.25) is 9.59 Å². The third-order valence-electron chi connectivity index (χ3n) is 4.15. The van der Waals surface area contributed by atoms with E-state index in [1.54, 1.807) is 36.1 Å². The molecule has 3 rings (SSSR count). The van der Waals surface area contributed by atoms with E-state index in [4.69, 9.17) is 9.47 Å². The van der Waals surface area contributed by atoms with E-state index in [0.29, 0.717) is 29.4 Å². The molecule has 6 nitrogen and oxygen atoms in total. The minimum atomic E-state index is -0.555. The first-order chi connectivity index (χ1) is 13.0. The fourth-order valence-electron chi connectivity index (χ4n) is 2.78. The molecule has 0 aliphatic carbocycles. The summed E-state index contributed by atoms with van der Waals surface area (Å²) in [6.07, 6.45) is 1.10. The smallest absolute Gasteiger partial charge is 0.268 e. The van der Waals surface area contributed by atoms with E-state index in [2.05, 4.69) is 11.9 Å². The molecule has 2 aromatic carbocycles. The number of carbonyl (C=O) groups excluding carboxylic acids is 2. The summed E-state index contributed by atoms with van der Waals surface area (Å²) in [4.78, 5) is 26.1. The normalized spacial score (nSPS) is 15.6. The van der Waals surface area contributed by atoms with E-state index in [-0.39, 0.29) is 18.4 Å². The van der Waals surface area contributed by atoms with Gasteiger partial charge in [-0.05, 0) is 44.2 Å². The molecule has 0 bridgehead atoms. The number of fused-ring (bicyclic) bond motifs is 1. The monoisotopic (exact) mass is 366 g/mol. The zero-order valence-electron chi connectivity index (χ0n) is 15.4. The zero-order valence-corrected chi connectivity index (χ0v) is 15.4. The van der Waals surface area contributed by atoms with E-state index in [1.807, 2.05) is 31.2 Å². The minimum Gasteiger partial charge on any atom is -0.484 e. The number of carbonyl (C=O) groups is 2. The van der Waals surface area contributed by atoms with Gasteiger partial charge in [-0.15, -0.1) is 6.58 Å². The van der Waals surface area contributed by atoms with Crippen molar-refractivity contribution < 1.29 is 19.1 Å². The Hall–Kier alpha value is -3.28. The van der Waals surface area contributed by atoms with Crippen LogP contribution in [0.25, 0.3) is 0 Å². The van der Waals surface area contributed by atoms with Crippen molar-refractivity contribution in [3.05, 3.63) is 60.7 Å². The molecule has 1 aliphatic rings. The van der Waals surface area contributed by atoms with Crippen LogP contribution >= 0.6 is 0 Å². The van der Waals surface area contributed by atoms with Crippen molar-refractivity contribution in [1.29, 1.82) is 0 Å². The Labute approximate surface area is 158 Å². The Balaban J connectivity index is 1.69. The molecule has 1 atom stereocenters. The highest BCUT2D eigenvalue weighted by Gasteiger charge is 2.30. The average molecular weight is 366 g/mol. The molecule has 0 fully saturated rings. The van der Waals surface area contributed by atoms with Crippen LogP contribution in [-0.4, -0.2) is 31.1 Å². The van der Waals surface area contributed by atoms with Crippen molar-refractivity contribution in [2.24, 2.45) is 0 Å². The van der Waals surface area contributed by atoms with Gasteiger partial charge in [0.2, 0.25) is 0 Å². The van der Waals surface area contributed by atoms with Gasteiger partial charge in [-0.2, -0.15) is 0 Å². The topological polar surface area (TPSA) is 67.9 Å². The molecule has 0 aromatic heterocycles. The highest BCUT2D eigenvalue weighted by atomic mass is 16.5. The fraction of sp³-hybridized carbons (Fsp3) is 0.238. The molecule has 2 amide bonds. The number of anilines is 2. The number of aryl methyl sites for hydroxylation is 1. The lowest BCUT2D eigenvalue weighted by Gasteiger charge is -2.32. The summed E-state index contributed by atoms with van der Waals surface area (Å²) in [7, 11) is 0. The van der Waals surface area contributed by atoms with Crippen LogP contribution in [0.3, 0.4) is 0 Å². The molecule has 1 N–H and O–H groups in total. The maximum atomic E-state index is 12.3. The summed E-state index contributed by atoms with van der Waals surface area (Å²) in [5.74, 6) is 0.792. The summed E-state index contributed by atoms with van der Waals surface area (Å²) >= 11 is 0. The van der Waals surface area contributed by atoms with E-state index in [1.165, 1.54) is 0 Å². The van der Waals surface area contributed by atoms with Gasteiger partial charge in [-0.1, -0.05) is 23.8 Å². The molecular weight excluding hydrogens is 344 g/mol. The Morgan fingerprint density at radius 1 is 1.30 bits per heavy atom. The van der Waals surface area contributed by atoms with Crippen LogP contribution in [0.2, 0.25) is 0 Å². The summed E-state index contributed by atoms with van der Waals surface area (Å²) in [6, 6.07) is 12.7. The lowest BCUT2D eigenvalue weighted by Crippen LogP contribution is -2.44. The van der Waals surface area contributed by atoms with E-state index in [0.717, 1.165) is 5.56 Å². The average Bonchev–Trinajstić information content (AvgIpc) is 2.65. The Kier molecular flexibility index (Phi) is 5.45. The van der Waals surface area contributed by atoms with E-state index >= 15 is 0 Å². The molecule has 0 saturated heterocycles. The van der Waals surface area contributed by atoms with Crippen LogP contribution in [0.4, 0.5) is 11.4 Å².